The Morgan fingerprint density at radius 3 is 2.69 bits per heavy atom. The molecule has 16 heavy (non-hydrogen) atoms. The van der Waals surface area contributed by atoms with Crippen LogP contribution in [0.5, 0.6) is 0 Å². The fraction of sp³-hybridized carbons (Fsp3) is 0.667. The molecule has 1 N–H and O–H groups in total. The number of hydrogen-bond acceptors (Lipinski definition) is 4. The van der Waals surface area contributed by atoms with E-state index in [-0.39, 0.29) is 0 Å². The molecule has 1 fully saturated rings. The van der Waals surface area contributed by atoms with Crippen LogP contribution in [0.4, 0.5) is 0 Å². The van der Waals surface area contributed by atoms with E-state index in [0.717, 1.165) is 44.7 Å². The van der Waals surface area contributed by atoms with Gasteiger partial charge in [-0.25, -0.2) is 9.97 Å². The Morgan fingerprint density at radius 2 is 2.00 bits per heavy atom. The van der Waals surface area contributed by atoms with Gasteiger partial charge in [0.2, 0.25) is 0 Å². The molecule has 2 rings (SSSR count). The van der Waals surface area contributed by atoms with Gasteiger partial charge in [-0.3, -0.25) is 0 Å². The third-order valence-corrected chi connectivity index (χ3v) is 3.19. The molecular weight excluding hydrogens is 202 g/mol. The Bertz CT molecular complexity index is 309. The number of nitrogens with one attached hydrogen (secondary N) is 1. The molecular formula is C12H19N3O. The summed E-state index contributed by atoms with van der Waals surface area (Å²) in [5.41, 5.74) is 1.52. The third-order valence-electron chi connectivity index (χ3n) is 3.19. The lowest BCUT2D eigenvalue weighted by atomic mass is 9.82. The SMILES string of the molecule is CC1(CNCc2cncnc2)CCOCC1. The van der Waals surface area contributed by atoms with E-state index in [2.05, 4.69) is 22.2 Å². The van der Waals surface area contributed by atoms with Crippen molar-refractivity contribution in [1.29, 1.82) is 0 Å². The zero-order valence-electron chi connectivity index (χ0n) is 9.78. The molecule has 1 aliphatic heterocycles. The van der Waals surface area contributed by atoms with E-state index in [1.807, 2.05) is 12.4 Å². The predicted molar refractivity (Wildman–Crippen MR) is 61.9 cm³/mol. The summed E-state index contributed by atoms with van der Waals surface area (Å²) in [7, 11) is 0. The first-order chi connectivity index (χ1) is 7.79. The number of ether oxygens (including phenoxy) is 1. The van der Waals surface area contributed by atoms with Gasteiger partial charge in [-0.05, 0) is 18.3 Å². The largest absolute Gasteiger partial charge is 0.381 e. The fourth-order valence-electron chi connectivity index (χ4n) is 1.97. The predicted octanol–water partition coefficient (Wildman–Crippen LogP) is 1.38. The van der Waals surface area contributed by atoms with Gasteiger partial charge in [-0.1, -0.05) is 6.92 Å². The highest BCUT2D eigenvalue weighted by Gasteiger charge is 2.26. The number of hydrogen-bond donors (Lipinski definition) is 1. The van der Waals surface area contributed by atoms with Crippen molar-refractivity contribution in [2.75, 3.05) is 19.8 Å². The van der Waals surface area contributed by atoms with E-state index in [9.17, 15) is 0 Å². The smallest absolute Gasteiger partial charge is 0.115 e. The minimum absolute atomic E-state index is 0.383. The van der Waals surface area contributed by atoms with Crippen LogP contribution in [0.15, 0.2) is 18.7 Å². The number of nitrogens with zero attached hydrogens (tertiary/aromatic N) is 2. The van der Waals surface area contributed by atoms with Crippen molar-refractivity contribution in [1.82, 2.24) is 15.3 Å². The molecule has 2 heterocycles. The van der Waals surface area contributed by atoms with Crippen molar-refractivity contribution in [2.45, 2.75) is 26.3 Å². The summed E-state index contributed by atoms with van der Waals surface area (Å²) in [4.78, 5) is 7.99. The van der Waals surface area contributed by atoms with E-state index >= 15 is 0 Å². The molecule has 1 aromatic heterocycles. The molecule has 4 heteroatoms. The molecule has 0 amide bonds. The topological polar surface area (TPSA) is 47.0 Å². The third kappa shape index (κ3) is 3.25. The lowest BCUT2D eigenvalue weighted by Crippen LogP contribution is -2.36. The normalized spacial score (nSPS) is 19.6. The van der Waals surface area contributed by atoms with Gasteiger partial charge < -0.3 is 10.1 Å². The molecule has 1 aromatic rings. The van der Waals surface area contributed by atoms with Crippen LogP contribution in [0, 0.1) is 5.41 Å². The average Bonchev–Trinajstić information content (AvgIpc) is 2.31. The Labute approximate surface area is 96.4 Å². The van der Waals surface area contributed by atoms with E-state index in [0.29, 0.717) is 5.41 Å². The summed E-state index contributed by atoms with van der Waals surface area (Å²) in [6.07, 6.45) is 7.55. The van der Waals surface area contributed by atoms with Crippen LogP contribution in [-0.4, -0.2) is 29.7 Å². The first-order valence-corrected chi connectivity index (χ1v) is 5.81. The maximum absolute atomic E-state index is 5.38. The van der Waals surface area contributed by atoms with Gasteiger partial charge in [-0.2, -0.15) is 0 Å². The second-order valence-corrected chi connectivity index (χ2v) is 4.77. The molecule has 0 spiro atoms. The summed E-state index contributed by atoms with van der Waals surface area (Å²) < 4.78 is 5.38. The Kier molecular flexibility index (Phi) is 3.85. The zero-order valence-corrected chi connectivity index (χ0v) is 9.78. The average molecular weight is 221 g/mol. The van der Waals surface area contributed by atoms with Crippen molar-refractivity contribution >= 4 is 0 Å². The van der Waals surface area contributed by atoms with Gasteiger partial charge in [0.25, 0.3) is 0 Å². The Balaban J connectivity index is 1.75. The Hall–Kier alpha value is -1.00. The molecule has 1 saturated heterocycles. The van der Waals surface area contributed by atoms with E-state index in [4.69, 9.17) is 4.74 Å². The van der Waals surface area contributed by atoms with Gasteiger partial charge >= 0.3 is 0 Å². The number of aromatic nitrogens is 2. The fourth-order valence-corrected chi connectivity index (χ4v) is 1.97. The quantitative estimate of drug-likeness (QED) is 0.834. The number of rotatable bonds is 4. The molecule has 0 aliphatic carbocycles. The first-order valence-electron chi connectivity index (χ1n) is 5.81. The van der Waals surface area contributed by atoms with Gasteiger partial charge in [0.15, 0.2) is 0 Å². The molecule has 0 aromatic carbocycles. The highest BCUT2D eigenvalue weighted by atomic mass is 16.5. The maximum Gasteiger partial charge on any atom is 0.115 e. The van der Waals surface area contributed by atoms with Crippen LogP contribution in [-0.2, 0) is 11.3 Å². The summed E-state index contributed by atoms with van der Waals surface area (Å²) in [5.74, 6) is 0. The lowest BCUT2D eigenvalue weighted by molar-refractivity contribution is 0.0240. The highest BCUT2D eigenvalue weighted by Crippen LogP contribution is 2.28. The van der Waals surface area contributed by atoms with Gasteiger partial charge in [0.05, 0.1) is 0 Å². The molecule has 1 aliphatic rings. The highest BCUT2D eigenvalue weighted by molar-refractivity contribution is 5.01. The summed E-state index contributed by atoms with van der Waals surface area (Å²) in [5, 5.41) is 3.48. The van der Waals surface area contributed by atoms with E-state index in [1.165, 1.54) is 0 Å². The van der Waals surface area contributed by atoms with Crippen molar-refractivity contribution in [3.05, 3.63) is 24.3 Å². The minimum Gasteiger partial charge on any atom is -0.381 e. The van der Waals surface area contributed by atoms with E-state index in [1.54, 1.807) is 6.33 Å². The summed E-state index contributed by atoms with van der Waals surface area (Å²) in [6, 6.07) is 0. The maximum atomic E-state index is 5.38. The van der Waals surface area contributed by atoms with Crippen LogP contribution in [0.25, 0.3) is 0 Å². The van der Waals surface area contributed by atoms with Crippen molar-refractivity contribution < 1.29 is 4.74 Å². The monoisotopic (exact) mass is 221 g/mol. The van der Waals surface area contributed by atoms with Crippen molar-refractivity contribution in [3.8, 4) is 0 Å². The first kappa shape index (κ1) is 11.5. The van der Waals surface area contributed by atoms with Crippen LogP contribution in [0.1, 0.15) is 25.3 Å². The Morgan fingerprint density at radius 1 is 1.31 bits per heavy atom. The second-order valence-electron chi connectivity index (χ2n) is 4.77. The van der Waals surface area contributed by atoms with Crippen LogP contribution < -0.4 is 5.32 Å². The van der Waals surface area contributed by atoms with Gasteiger partial charge in [0.1, 0.15) is 6.33 Å². The molecule has 0 saturated carbocycles. The molecule has 0 unspecified atom stereocenters. The second kappa shape index (κ2) is 5.37. The lowest BCUT2D eigenvalue weighted by Gasteiger charge is -2.33. The molecule has 0 radical (unpaired) electrons. The molecule has 88 valence electrons. The van der Waals surface area contributed by atoms with Gasteiger partial charge in [-0.15, -0.1) is 0 Å². The van der Waals surface area contributed by atoms with Crippen LogP contribution >= 0.6 is 0 Å². The standard InChI is InChI=1S/C12H19N3O/c1-12(2-4-16-5-3-12)9-13-6-11-7-14-10-15-8-11/h7-8,10,13H,2-6,9H2,1H3. The van der Waals surface area contributed by atoms with Crippen LogP contribution in [0.3, 0.4) is 0 Å². The van der Waals surface area contributed by atoms with Crippen molar-refractivity contribution in [2.24, 2.45) is 5.41 Å². The zero-order chi connectivity index (χ0) is 11.3. The minimum atomic E-state index is 0.383. The summed E-state index contributed by atoms with van der Waals surface area (Å²) >= 11 is 0. The molecule has 4 nitrogen and oxygen atoms in total. The van der Waals surface area contributed by atoms with E-state index < -0.39 is 0 Å². The van der Waals surface area contributed by atoms with Crippen LogP contribution in [0.2, 0.25) is 0 Å². The summed E-state index contributed by atoms with van der Waals surface area (Å²) in [6.45, 7) is 5.99. The van der Waals surface area contributed by atoms with Gasteiger partial charge in [0, 0.05) is 44.3 Å². The molecule has 0 atom stereocenters. The molecule has 0 bridgehead atoms. The van der Waals surface area contributed by atoms with Crippen molar-refractivity contribution in [3.63, 3.8) is 0 Å².